The van der Waals surface area contributed by atoms with Crippen molar-refractivity contribution in [3.63, 3.8) is 0 Å². The summed E-state index contributed by atoms with van der Waals surface area (Å²) in [4.78, 5) is 35.1. The van der Waals surface area contributed by atoms with Crippen LogP contribution in [0.2, 0.25) is 0 Å². The molecule has 0 saturated carbocycles. The van der Waals surface area contributed by atoms with Gasteiger partial charge in [-0.15, -0.1) is 0 Å². The Morgan fingerprint density at radius 1 is 0.425 bits per heavy atom. The molecule has 9 nitrogen and oxygen atoms in total. The molecule has 422 valence electrons. The second-order valence-electron chi connectivity index (χ2n) is 19.8. The number of hydrogen-bond donors (Lipinski definition) is 2. The number of allylic oxidation sites excluding steroid dienone is 14. The Morgan fingerprint density at radius 2 is 0.767 bits per heavy atom. The van der Waals surface area contributed by atoms with Gasteiger partial charge in [-0.05, 0) is 83.5 Å². The first kappa shape index (κ1) is 70.2. The Bertz CT molecular complexity index is 1470. The van der Waals surface area contributed by atoms with Gasteiger partial charge in [-0.25, -0.2) is 4.57 Å². The molecule has 0 aromatic rings. The van der Waals surface area contributed by atoms with Crippen LogP contribution in [0.15, 0.2) is 85.1 Å². The van der Waals surface area contributed by atoms with Gasteiger partial charge in [-0.1, -0.05) is 259 Å². The van der Waals surface area contributed by atoms with Crippen molar-refractivity contribution in [1.82, 2.24) is 0 Å². The van der Waals surface area contributed by atoms with Crippen LogP contribution in [0.5, 0.6) is 0 Å². The van der Waals surface area contributed by atoms with E-state index in [9.17, 15) is 19.0 Å². The van der Waals surface area contributed by atoms with Gasteiger partial charge in [0.1, 0.15) is 6.61 Å². The molecule has 0 aliphatic rings. The SMILES string of the molecule is CC/C=C\C/C=C\C/C=C\C/C=C\C/C=C\CCCC(=O)OC(COC(=O)CCCCCCCCCCCCCCCCCCCCCCCCC/C=C\C/C=C\CCCCCCC)COP(=O)(O)OCCN. The Hall–Kier alpha value is -2.81. The molecular weight excluding hydrogens is 930 g/mol. The van der Waals surface area contributed by atoms with E-state index >= 15 is 0 Å². The third-order valence-corrected chi connectivity index (χ3v) is 13.7. The topological polar surface area (TPSA) is 134 Å². The van der Waals surface area contributed by atoms with Crippen LogP contribution in [0.25, 0.3) is 0 Å². The summed E-state index contributed by atoms with van der Waals surface area (Å²) >= 11 is 0. The van der Waals surface area contributed by atoms with E-state index in [4.69, 9.17) is 24.3 Å². The molecule has 0 fully saturated rings. The summed E-state index contributed by atoms with van der Waals surface area (Å²) in [7, 11) is -4.40. The predicted molar refractivity (Wildman–Crippen MR) is 312 cm³/mol. The maximum Gasteiger partial charge on any atom is 0.472 e. The van der Waals surface area contributed by atoms with Gasteiger partial charge in [0, 0.05) is 19.4 Å². The lowest BCUT2D eigenvalue weighted by molar-refractivity contribution is -0.161. The smallest absolute Gasteiger partial charge is 0.462 e. The highest BCUT2D eigenvalue weighted by Gasteiger charge is 2.26. The third-order valence-electron chi connectivity index (χ3n) is 12.8. The lowest BCUT2D eigenvalue weighted by atomic mass is 10.0. The zero-order valence-electron chi connectivity index (χ0n) is 47.1. The fraction of sp³-hybridized carbons (Fsp3) is 0.746. The number of phosphoric acid groups is 1. The highest BCUT2D eigenvalue weighted by Crippen LogP contribution is 2.43. The van der Waals surface area contributed by atoms with Gasteiger partial charge in [-0.2, -0.15) is 0 Å². The van der Waals surface area contributed by atoms with Crippen LogP contribution in [0.3, 0.4) is 0 Å². The highest BCUT2D eigenvalue weighted by molar-refractivity contribution is 7.47. The molecule has 2 unspecified atom stereocenters. The Balaban J connectivity index is 3.87. The molecule has 0 aromatic carbocycles. The number of esters is 2. The minimum Gasteiger partial charge on any atom is -0.462 e. The van der Waals surface area contributed by atoms with E-state index in [-0.39, 0.29) is 32.6 Å². The molecule has 0 saturated heterocycles. The molecule has 0 radical (unpaired) electrons. The third kappa shape index (κ3) is 58.3. The van der Waals surface area contributed by atoms with Crippen LogP contribution in [0.4, 0.5) is 0 Å². The van der Waals surface area contributed by atoms with Gasteiger partial charge in [-0.3, -0.25) is 18.6 Å². The number of carbonyl (C=O) groups is 2. The van der Waals surface area contributed by atoms with Crippen LogP contribution < -0.4 is 5.73 Å². The largest absolute Gasteiger partial charge is 0.472 e. The van der Waals surface area contributed by atoms with Crippen LogP contribution in [-0.4, -0.2) is 49.3 Å². The Labute approximate surface area is 449 Å². The molecule has 2 atom stereocenters. The zero-order chi connectivity index (χ0) is 53.1. The fourth-order valence-corrected chi connectivity index (χ4v) is 9.12. The number of unbranched alkanes of at least 4 members (excludes halogenated alkanes) is 29. The van der Waals surface area contributed by atoms with Gasteiger partial charge in [0.25, 0.3) is 0 Å². The molecular formula is C63H112NO8P. The average molecular weight is 1040 g/mol. The van der Waals surface area contributed by atoms with Crippen molar-refractivity contribution >= 4 is 19.8 Å². The van der Waals surface area contributed by atoms with E-state index in [1.807, 2.05) is 6.08 Å². The highest BCUT2D eigenvalue weighted by atomic mass is 31.2. The van der Waals surface area contributed by atoms with E-state index in [0.717, 1.165) is 57.8 Å². The monoisotopic (exact) mass is 1040 g/mol. The van der Waals surface area contributed by atoms with E-state index in [0.29, 0.717) is 12.8 Å². The summed E-state index contributed by atoms with van der Waals surface area (Å²) in [5.74, 6) is -0.892. The maximum atomic E-state index is 12.6. The van der Waals surface area contributed by atoms with E-state index < -0.39 is 32.5 Å². The summed E-state index contributed by atoms with van der Waals surface area (Å²) < 4.78 is 32.9. The number of hydrogen-bond acceptors (Lipinski definition) is 8. The molecule has 0 heterocycles. The van der Waals surface area contributed by atoms with Gasteiger partial charge >= 0.3 is 19.8 Å². The van der Waals surface area contributed by atoms with E-state index in [2.05, 4.69) is 92.8 Å². The molecule has 0 aliphatic heterocycles. The molecule has 73 heavy (non-hydrogen) atoms. The Morgan fingerprint density at radius 3 is 1.16 bits per heavy atom. The number of ether oxygens (including phenoxy) is 2. The molecule has 0 rings (SSSR count). The maximum absolute atomic E-state index is 12.6. The van der Waals surface area contributed by atoms with Crippen LogP contribution in [0, 0.1) is 0 Å². The second-order valence-corrected chi connectivity index (χ2v) is 21.3. The first-order valence-electron chi connectivity index (χ1n) is 30.1. The van der Waals surface area contributed by atoms with Gasteiger partial charge in [0.15, 0.2) is 6.10 Å². The normalized spacial score (nSPS) is 13.6. The molecule has 3 N–H and O–H groups in total. The van der Waals surface area contributed by atoms with Gasteiger partial charge in [0.2, 0.25) is 0 Å². The van der Waals surface area contributed by atoms with Crippen molar-refractivity contribution in [2.75, 3.05) is 26.4 Å². The molecule has 0 spiro atoms. The van der Waals surface area contributed by atoms with E-state index in [1.165, 1.54) is 173 Å². The predicted octanol–water partition coefficient (Wildman–Crippen LogP) is 19.1. The molecule has 0 aliphatic carbocycles. The average Bonchev–Trinajstić information content (AvgIpc) is 3.38. The van der Waals surface area contributed by atoms with Crippen molar-refractivity contribution in [1.29, 1.82) is 0 Å². The minimum absolute atomic E-state index is 0.0419. The second kappa shape index (κ2) is 58.5. The molecule has 0 amide bonds. The number of carbonyl (C=O) groups excluding carboxylic acids is 2. The fourth-order valence-electron chi connectivity index (χ4n) is 8.35. The van der Waals surface area contributed by atoms with E-state index in [1.54, 1.807) is 0 Å². The summed E-state index contributed by atoms with van der Waals surface area (Å²) in [5, 5.41) is 0. The van der Waals surface area contributed by atoms with Crippen molar-refractivity contribution in [3.05, 3.63) is 85.1 Å². The molecule has 10 heteroatoms. The van der Waals surface area contributed by atoms with Crippen molar-refractivity contribution < 1.29 is 37.6 Å². The quantitative estimate of drug-likeness (QED) is 0.0264. The Kier molecular flexibility index (Phi) is 56.2. The summed E-state index contributed by atoms with van der Waals surface area (Å²) in [6.45, 7) is 3.57. The van der Waals surface area contributed by atoms with Crippen LogP contribution in [0.1, 0.15) is 271 Å². The lowest BCUT2D eigenvalue weighted by Gasteiger charge is -2.19. The first-order valence-corrected chi connectivity index (χ1v) is 31.6. The number of rotatable bonds is 56. The number of phosphoric ester groups is 1. The summed E-state index contributed by atoms with van der Waals surface area (Å²) in [6.07, 6.45) is 76.8. The summed E-state index contributed by atoms with van der Waals surface area (Å²) in [6, 6.07) is 0. The first-order chi connectivity index (χ1) is 35.8. The zero-order valence-corrected chi connectivity index (χ0v) is 48.0. The van der Waals surface area contributed by atoms with Crippen molar-refractivity contribution in [2.24, 2.45) is 5.73 Å². The number of nitrogens with two attached hydrogens (primary N) is 1. The standard InChI is InChI=1S/C63H112NO8P/c1-3-5-7-9-11-13-15-17-19-21-22-23-24-25-26-27-28-29-30-31-32-33-34-35-36-37-38-40-41-43-45-47-49-51-53-55-62(65)69-59-61(60-71-73(67,68)70-58-57-64)72-63(66)56-54-52-50-48-46-44-42-39-20-18-16-14-12-10-8-6-4-2/h6,8,12,14-15,17-18,20-22,42,44,48,50,61H,3-5,7,9-11,13,16,19,23-41,43,45-47,49,51-60,64H2,1-2H3,(H,67,68)/b8-6-,14-12-,17-15-,20-18-,22-21-,44-42-,50-48-. The summed E-state index contributed by atoms with van der Waals surface area (Å²) in [5.41, 5.74) is 5.37. The lowest BCUT2D eigenvalue weighted by Crippen LogP contribution is -2.29. The van der Waals surface area contributed by atoms with Crippen molar-refractivity contribution in [2.45, 2.75) is 277 Å². The molecule has 0 aromatic heterocycles. The van der Waals surface area contributed by atoms with Crippen LogP contribution in [-0.2, 0) is 32.7 Å². The molecule has 0 bridgehead atoms. The van der Waals surface area contributed by atoms with Crippen LogP contribution >= 0.6 is 7.82 Å². The van der Waals surface area contributed by atoms with Gasteiger partial charge < -0.3 is 20.1 Å². The van der Waals surface area contributed by atoms with Crippen molar-refractivity contribution in [3.8, 4) is 0 Å². The van der Waals surface area contributed by atoms with Gasteiger partial charge in [0.05, 0.1) is 13.2 Å². The minimum atomic E-state index is -4.40.